The molecule has 0 amide bonds. The highest BCUT2D eigenvalue weighted by atomic mass is 79.9. The first-order chi connectivity index (χ1) is 7.65. The van der Waals surface area contributed by atoms with Gasteiger partial charge >= 0.3 is 0 Å². The van der Waals surface area contributed by atoms with Crippen LogP contribution in [0.5, 0.6) is 5.75 Å². The molecule has 0 bridgehead atoms. The normalized spacial score (nSPS) is 10.4. The van der Waals surface area contributed by atoms with E-state index in [-0.39, 0.29) is 0 Å². The zero-order chi connectivity index (χ0) is 11.5. The van der Waals surface area contributed by atoms with Crippen LogP contribution in [0.15, 0.2) is 34.1 Å². The topological polar surface area (TPSA) is 32.3 Å². The fraction of sp³-hybridized carbons (Fsp3) is 0.167. The second-order valence-electron chi connectivity index (χ2n) is 3.56. The van der Waals surface area contributed by atoms with Crippen molar-refractivity contribution in [2.24, 2.45) is 0 Å². The van der Waals surface area contributed by atoms with Gasteiger partial charge in [-0.1, -0.05) is 0 Å². The van der Waals surface area contributed by atoms with E-state index in [1.54, 1.807) is 17.4 Å². The number of benzene rings is 1. The van der Waals surface area contributed by atoms with E-state index in [1.165, 1.54) is 4.88 Å². The fourth-order valence-corrected chi connectivity index (χ4v) is 2.82. The number of aromatic hydroxyl groups is 1. The molecule has 84 valence electrons. The van der Waals surface area contributed by atoms with Crippen molar-refractivity contribution in [3.05, 3.63) is 44.6 Å². The molecule has 2 N–H and O–H groups in total. The van der Waals surface area contributed by atoms with Crippen molar-refractivity contribution in [3.63, 3.8) is 0 Å². The van der Waals surface area contributed by atoms with Crippen LogP contribution in [0, 0.1) is 6.92 Å². The highest BCUT2D eigenvalue weighted by Gasteiger charge is 2.00. The van der Waals surface area contributed by atoms with Crippen molar-refractivity contribution >= 4 is 33.0 Å². The lowest BCUT2D eigenvalue weighted by atomic mass is 10.2. The van der Waals surface area contributed by atoms with Crippen molar-refractivity contribution in [2.45, 2.75) is 13.5 Å². The molecular weight excluding hydrogens is 286 g/mol. The SMILES string of the molecule is Cc1cc(NCc2ccc(Br)s2)ccc1O. The van der Waals surface area contributed by atoms with Gasteiger partial charge in [0, 0.05) is 17.1 Å². The van der Waals surface area contributed by atoms with Gasteiger partial charge in [-0.25, -0.2) is 0 Å². The first-order valence-electron chi connectivity index (χ1n) is 4.93. The standard InChI is InChI=1S/C12H12BrNOS/c1-8-6-9(2-4-11(8)15)14-7-10-3-5-12(13)16-10/h2-6,14-15H,7H2,1H3. The summed E-state index contributed by atoms with van der Waals surface area (Å²) < 4.78 is 1.14. The predicted molar refractivity (Wildman–Crippen MR) is 72.2 cm³/mol. The fourth-order valence-electron chi connectivity index (χ4n) is 1.40. The third kappa shape index (κ3) is 2.77. The molecular formula is C12H12BrNOS. The van der Waals surface area contributed by atoms with Gasteiger partial charge in [-0.05, 0) is 58.7 Å². The summed E-state index contributed by atoms with van der Waals surface area (Å²) in [6.07, 6.45) is 0. The van der Waals surface area contributed by atoms with Crippen LogP contribution in [0.25, 0.3) is 0 Å². The zero-order valence-corrected chi connectivity index (χ0v) is 11.2. The van der Waals surface area contributed by atoms with E-state index in [0.717, 1.165) is 21.6 Å². The van der Waals surface area contributed by atoms with E-state index >= 15 is 0 Å². The third-order valence-corrected chi connectivity index (χ3v) is 3.92. The molecule has 0 atom stereocenters. The summed E-state index contributed by atoms with van der Waals surface area (Å²) in [7, 11) is 0. The highest BCUT2D eigenvalue weighted by Crippen LogP contribution is 2.24. The van der Waals surface area contributed by atoms with E-state index in [9.17, 15) is 5.11 Å². The van der Waals surface area contributed by atoms with E-state index in [2.05, 4.69) is 27.3 Å². The van der Waals surface area contributed by atoms with Gasteiger partial charge in [-0.2, -0.15) is 0 Å². The summed E-state index contributed by atoms with van der Waals surface area (Å²) in [5.41, 5.74) is 1.91. The van der Waals surface area contributed by atoms with E-state index in [4.69, 9.17) is 0 Å². The Balaban J connectivity index is 2.02. The molecule has 1 aromatic carbocycles. The van der Waals surface area contributed by atoms with Crippen LogP contribution in [0.1, 0.15) is 10.4 Å². The number of hydrogen-bond acceptors (Lipinski definition) is 3. The van der Waals surface area contributed by atoms with E-state index in [1.807, 2.05) is 25.1 Å². The van der Waals surface area contributed by atoms with Crippen molar-refractivity contribution in [2.75, 3.05) is 5.32 Å². The summed E-state index contributed by atoms with van der Waals surface area (Å²) in [6, 6.07) is 9.67. The zero-order valence-electron chi connectivity index (χ0n) is 8.83. The van der Waals surface area contributed by atoms with Gasteiger partial charge in [-0.3, -0.25) is 0 Å². The Morgan fingerprint density at radius 1 is 1.31 bits per heavy atom. The molecule has 0 saturated carbocycles. The number of phenolic OH excluding ortho intramolecular Hbond substituents is 1. The molecule has 0 radical (unpaired) electrons. The highest BCUT2D eigenvalue weighted by molar-refractivity contribution is 9.11. The average Bonchev–Trinajstić information content (AvgIpc) is 2.66. The van der Waals surface area contributed by atoms with Crippen LogP contribution in [0.2, 0.25) is 0 Å². The predicted octanol–water partition coefficient (Wildman–Crippen LogP) is 4.14. The van der Waals surface area contributed by atoms with Gasteiger partial charge < -0.3 is 10.4 Å². The van der Waals surface area contributed by atoms with Crippen LogP contribution >= 0.6 is 27.3 Å². The monoisotopic (exact) mass is 297 g/mol. The Hall–Kier alpha value is -1.00. The largest absolute Gasteiger partial charge is 0.508 e. The molecule has 16 heavy (non-hydrogen) atoms. The van der Waals surface area contributed by atoms with Crippen LogP contribution in [-0.2, 0) is 6.54 Å². The summed E-state index contributed by atoms with van der Waals surface area (Å²) in [5, 5.41) is 12.7. The summed E-state index contributed by atoms with van der Waals surface area (Å²) in [4.78, 5) is 1.28. The van der Waals surface area contributed by atoms with Gasteiger partial charge in [0.15, 0.2) is 0 Å². The van der Waals surface area contributed by atoms with Gasteiger partial charge in [0.25, 0.3) is 0 Å². The Kier molecular flexibility index (Phi) is 3.51. The Morgan fingerprint density at radius 2 is 2.12 bits per heavy atom. The number of nitrogens with one attached hydrogen (secondary N) is 1. The lowest BCUT2D eigenvalue weighted by Gasteiger charge is -2.06. The molecule has 1 heterocycles. The molecule has 0 saturated heterocycles. The Bertz CT molecular complexity index is 496. The lowest BCUT2D eigenvalue weighted by molar-refractivity contribution is 0.471. The third-order valence-electron chi connectivity index (χ3n) is 2.29. The second kappa shape index (κ2) is 4.89. The molecule has 0 aliphatic rings. The van der Waals surface area contributed by atoms with Crippen LogP contribution in [-0.4, -0.2) is 5.11 Å². The molecule has 2 aromatic rings. The van der Waals surface area contributed by atoms with Gasteiger partial charge in [0.1, 0.15) is 5.75 Å². The molecule has 2 rings (SSSR count). The first kappa shape index (κ1) is 11.5. The number of thiophene rings is 1. The summed E-state index contributed by atoms with van der Waals surface area (Å²) in [5.74, 6) is 0.337. The van der Waals surface area contributed by atoms with Crippen molar-refractivity contribution < 1.29 is 5.11 Å². The minimum atomic E-state index is 0.337. The van der Waals surface area contributed by atoms with Gasteiger partial charge in [0.05, 0.1) is 3.79 Å². The maximum atomic E-state index is 9.40. The first-order valence-corrected chi connectivity index (χ1v) is 6.54. The maximum absolute atomic E-state index is 9.40. The minimum absolute atomic E-state index is 0.337. The van der Waals surface area contributed by atoms with Gasteiger partial charge in [0.2, 0.25) is 0 Å². The van der Waals surface area contributed by atoms with Crippen LogP contribution < -0.4 is 5.32 Å². The molecule has 0 aliphatic carbocycles. The number of aryl methyl sites for hydroxylation is 1. The lowest BCUT2D eigenvalue weighted by Crippen LogP contribution is -1.97. The van der Waals surface area contributed by atoms with Crippen LogP contribution in [0.4, 0.5) is 5.69 Å². The molecule has 1 aromatic heterocycles. The van der Waals surface area contributed by atoms with Crippen molar-refractivity contribution in [1.29, 1.82) is 0 Å². The molecule has 0 unspecified atom stereocenters. The smallest absolute Gasteiger partial charge is 0.118 e. The number of phenols is 1. The van der Waals surface area contributed by atoms with E-state index in [0.29, 0.717) is 5.75 Å². The van der Waals surface area contributed by atoms with E-state index < -0.39 is 0 Å². The quantitative estimate of drug-likeness (QED) is 0.835. The van der Waals surface area contributed by atoms with Gasteiger partial charge in [-0.15, -0.1) is 11.3 Å². The number of anilines is 1. The molecule has 0 aliphatic heterocycles. The molecule has 0 spiro atoms. The minimum Gasteiger partial charge on any atom is -0.508 e. The molecule has 2 nitrogen and oxygen atoms in total. The van der Waals surface area contributed by atoms with Crippen molar-refractivity contribution in [1.82, 2.24) is 0 Å². The number of halogens is 1. The number of rotatable bonds is 3. The Labute approximate surface area is 107 Å². The Morgan fingerprint density at radius 3 is 2.75 bits per heavy atom. The summed E-state index contributed by atoms with van der Waals surface area (Å²) in [6.45, 7) is 2.70. The van der Waals surface area contributed by atoms with Crippen molar-refractivity contribution in [3.8, 4) is 5.75 Å². The second-order valence-corrected chi connectivity index (χ2v) is 6.11. The molecule has 4 heteroatoms. The van der Waals surface area contributed by atoms with Crippen LogP contribution in [0.3, 0.4) is 0 Å². The molecule has 0 fully saturated rings. The number of hydrogen-bond donors (Lipinski definition) is 2. The summed E-state index contributed by atoms with van der Waals surface area (Å²) >= 11 is 5.16. The maximum Gasteiger partial charge on any atom is 0.118 e. The average molecular weight is 298 g/mol.